The molecule has 18 heavy (non-hydrogen) atoms. The minimum Gasteiger partial charge on any atom is -0.496 e. The van der Waals surface area contributed by atoms with E-state index in [-0.39, 0.29) is 5.91 Å². The topological polar surface area (TPSA) is 29.5 Å². The number of piperidine rings is 1. The van der Waals surface area contributed by atoms with Crippen LogP contribution in [0.2, 0.25) is 0 Å². The molecule has 3 nitrogen and oxygen atoms in total. The highest BCUT2D eigenvalue weighted by Gasteiger charge is 2.25. The van der Waals surface area contributed by atoms with Gasteiger partial charge in [-0.15, -0.1) is 11.3 Å². The Bertz CT molecular complexity index is 405. The number of alkyl halides is 1. The molecule has 1 fully saturated rings. The summed E-state index contributed by atoms with van der Waals surface area (Å²) in [6, 6.07) is 1.83. The van der Waals surface area contributed by atoms with Crippen molar-refractivity contribution in [2.75, 3.05) is 25.5 Å². The van der Waals surface area contributed by atoms with Crippen LogP contribution in [-0.4, -0.2) is 36.3 Å². The standard InChI is InChI=1S/C13H18BrNO2S/c1-17-11-7-12(18-9-11)13(16)15-6-2-3-10(8-15)4-5-14/h7,9-10H,2-6,8H2,1H3. The zero-order valence-corrected chi connectivity index (χ0v) is 12.9. The Hall–Kier alpha value is -0.550. The highest BCUT2D eigenvalue weighted by Crippen LogP contribution is 2.26. The molecule has 0 aliphatic carbocycles. The van der Waals surface area contributed by atoms with Crippen LogP contribution in [0.25, 0.3) is 0 Å². The second kappa shape index (κ2) is 6.57. The van der Waals surface area contributed by atoms with Crippen LogP contribution in [0.1, 0.15) is 28.9 Å². The van der Waals surface area contributed by atoms with Gasteiger partial charge in [-0.3, -0.25) is 4.79 Å². The molecule has 2 rings (SSSR count). The summed E-state index contributed by atoms with van der Waals surface area (Å²) in [6.45, 7) is 1.78. The van der Waals surface area contributed by atoms with Crippen molar-refractivity contribution in [3.63, 3.8) is 0 Å². The molecule has 2 heterocycles. The zero-order valence-electron chi connectivity index (χ0n) is 10.5. The minimum absolute atomic E-state index is 0.155. The smallest absolute Gasteiger partial charge is 0.264 e. The molecule has 1 amide bonds. The number of carbonyl (C=O) groups is 1. The summed E-state index contributed by atoms with van der Waals surface area (Å²) in [7, 11) is 1.63. The Morgan fingerprint density at radius 3 is 3.17 bits per heavy atom. The van der Waals surface area contributed by atoms with Gasteiger partial charge in [-0.05, 0) is 25.2 Å². The van der Waals surface area contributed by atoms with Crippen molar-refractivity contribution in [1.82, 2.24) is 4.90 Å². The second-order valence-corrected chi connectivity index (χ2v) is 6.29. The summed E-state index contributed by atoms with van der Waals surface area (Å²) in [6.07, 6.45) is 3.51. The summed E-state index contributed by atoms with van der Waals surface area (Å²) < 4.78 is 5.13. The lowest BCUT2D eigenvalue weighted by molar-refractivity contribution is 0.0676. The van der Waals surface area contributed by atoms with E-state index in [0.29, 0.717) is 5.92 Å². The first-order chi connectivity index (χ1) is 8.74. The van der Waals surface area contributed by atoms with E-state index in [1.807, 2.05) is 16.3 Å². The summed E-state index contributed by atoms with van der Waals surface area (Å²) in [5.74, 6) is 1.57. The van der Waals surface area contributed by atoms with Crippen molar-refractivity contribution in [3.8, 4) is 5.75 Å². The first kappa shape index (κ1) is 13.9. The number of halogens is 1. The van der Waals surface area contributed by atoms with Crippen molar-refractivity contribution in [2.45, 2.75) is 19.3 Å². The third kappa shape index (κ3) is 3.26. The van der Waals surface area contributed by atoms with Gasteiger partial charge in [-0.25, -0.2) is 0 Å². The molecule has 0 N–H and O–H groups in total. The molecular weight excluding hydrogens is 314 g/mol. The molecule has 0 radical (unpaired) electrons. The Morgan fingerprint density at radius 1 is 1.67 bits per heavy atom. The van der Waals surface area contributed by atoms with E-state index >= 15 is 0 Å². The lowest BCUT2D eigenvalue weighted by atomic mass is 9.95. The molecule has 0 spiro atoms. The van der Waals surface area contributed by atoms with Gasteiger partial charge in [0.2, 0.25) is 0 Å². The first-order valence-corrected chi connectivity index (χ1v) is 8.22. The average molecular weight is 332 g/mol. The minimum atomic E-state index is 0.155. The first-order valence-electron chi connectivity index (χ1n) is 6.22. The number of likely N-dealkylation sites (tertiary alicyclic amines) is 1. The number of carbonyl (C=O) groups excluding carboxylic acids is 1. The highest BCUT2D eigenvalue weighted by molar-refractivity contribution is 9.09. The molecule has 1 aliphatic heterocycles. The zero-order chi connectivity index (χ0) is 13.0. The van der Waals surface area contributed by atoms with Crippen LogP contribution in [0.5, 0.6) is 5.75 Å². The summed E-state index contributed by atoms with van der Waals surface area (Å²) in [4.78, 5) is 15.1. The van der Waals surface area contributed by atoms with Crippen LogP contribution in [0.15, 0.2) is 11.4 Å². The van der Waals surface area contributed by atoms with Crippen LogP contribution in [0, 0.1) is 5.92 Å². The number of methoxy groups -OCH3 is 1. The van der Waals surface area contributed by atoms with Gasteiger partial charge in [0.25, 0.3) is 5.91 Å². The number of nitrogens with zero attached hydrogens (tertiary/aromatic N) is 1. The molecule has 1 saturated heterocycles. The maximum atomic E-state index is 12.3. The highest BCUT2D eigenvalue weighted by atomic mass is 79.9. The van der Waals surface area contributed by atoms with Crippen molar-refractivity contribution in [1.29, 1.82) is 0 Å². The fourth-order valence-electron chi connectivity index (χ4n) is 2.33. The van der Waals surface area contributed by atoms with Gasteiger partial charge in [0, 0.05) is 29.9 Å². The number of hydrogen-bond acceptors (Lipinski definition) is 3. The molecule has 0 aromatic carbocycles. The third-order valence-electron chi connectivity index (χ3n) is 3.35. The maximum Gasteiger partial charge on any atom is 0.264 e. The molecule has 0 bridgehead atoms. The van der Waals surface area contributed by atoms with E-state index < -0.39 is 0 Å². The lowest BCUT2D eigenvalue weighted by Gasteiger charge is -2.32. The van der Waals surface area contributed by atoms with Gasteiger partial charge in [0.1, 0.15) is 5.75 Å². The Balaban J connectivity index is 1.99. The molecule has 1 aromatic heterocycles. The number of thiophene rings is 1. The van der Waals surface area contributed by atoms with Gasteiger partial charge in [-0.2, -0.15) is 0 Å². The van der Waals surface area contributed by atoms with Crippen molar-refractivity contribution in [3.05, 3.63) is 16.3 Å². The monoisotopic (exact) mass is 331 g/mol. The summed E-state index contributed by atoms with van der Waals surface area (Å²) in [5.41, 5.74) is 0. The summed E-state index contributed by atoms with van der Waals surface area (Å²) in [5, 5.41) is 2.90. The molecule has 100 valence electrons. The molecule has 1 aliphatic rings. The van der Waals surface area contributed by atoms with Gasteiger partial charge in [0.15, 0.2) is 0 Å². The molecule has 1 aromatic rings. The second-order valence-electron chi connectivity index (χ2n) is 4.59. The summed E-state index contributed by atoms with van der Waals surface area (Å²) >= 11 is 4.95. The van der Waals surface area contributed by atoms with Crippen LogP contribution in [-0.2, 0) is 0 Å². The largest absolute Gasteiger partial charge is 0.496 e. The normalized spacial score (nSPS) is 19.9. The van der Waals surface area contributed by atoms with Crippen LogP contribution in [0.3, 0.4) is 0 Å². The lowest BCUT2D eigenvalue weighted by Crippen LogP contribution is -2.39. The molecule has 0 saturated carbocycles. The Morgan fingerprint density at radius 2 is 2.50 bits per heavy atom. The fraction of sp³-hybridized carbons (Fsp3) is 0.615. The molecule has 1 atom stereocenters. The van der Waals surface area contributed by atoms with Gasteiger partial charge in [0.05, 0.1) is 12.0 Å². The molecule has 1 unspecified atom stereocenters. The van der Waals surface area contributed by atoms with E-state index in [4.69, 9.17) is 4.74 Å². The number of amides is 1. The van der Waals surface area contributed by atoms with Crippen LogP contribution < -0.4 is 4.74 Å². The maximum absolute atomic E-state index is 12.3. The predicted octanol–water partition coefficient (Wildman–Crippen LogP) is 3.39. The number of rotatable bonds is 4. The van der Waals surface area contributed by atoms with E-state index in [2.05, 4.69) is 15.9 Å². The van der Waals surface area contributed by atoms with E-state index in [1.165, 1.54) is 17.8 Å². The molecular formula is C13H18BrNO2S. The average Bonchev–Trinajstić information content (AvgIpc) is 2.87. The van der Waals surface area contributed by atoms with Crippen molar-refractivity contribution in [2.24, 2.45) is 5.92 Å². The SMILES string of the molecule is COc1csc(C(=O)N2CCCC(CCBr)C2)c1. The van der Waals surface area contributed by atoms with Crippen LogP contribution in [0.4, 0.5) is 0 Å². The fourth-order valence-corrected chi connectivity index (χ4v) is 3.80. The van der Waals surface area contributed by atoms with Gasteiger partial charge >= 0.3 is 0 Å². The van der Waals surface area contributed by atoms with Crippen molar-refractivity contribution < 1.29 is 9.53 Å². The van der Waals surface area contributed by atoms with E-state index in [0.717, 1.165) is 41.9 Å². The van der Waals surface area contributed by atoms with Gasteiger partial charge in [-0.1, -0.05) is 15.9 Å². The van der Waals surface area contributed by atoms with Crippen molar-refractivity contribution >= 4 is 33.2 Å². The third-order valence-corrected chi connectivity index (χ3v) is 4.70. The predicted molar refractivity (Wildman–Crippen MR) is 77.9 cm³/mol. The van der Waals surface area contributed by atoms with E-state index in [9.17, 15) is 4.79 Å². The Kier molecular flexibility index (Phi) is 5.06. The molecule has 5 heteroatoms. The quantitative estimate of drug-likeness (QED) is 0.791. The number of ether oxygens (including phenoxy) is 1. The van der Waals surface area contributed by atoms with Crippen LogP contribution >= 0.6 is 27.3 Å². The van der Waals surface area contributed by atoms with Gasteiger partial charge < -0.3 is 9.64 Å². The number of hydrogen-bond donors (Lipinski definition) is 0. The van der Waals surface area contributed by atoms with E-state index in [1.54, 1.807) is 7.11 Å². The Labute approximate surface area is 120 Å².